The number of ether oxygens (including phenoxy) is 1. The van der Waals surface area contributed by atoms with Crippen LogP contribution < -0.4 is 9.46 Å². The highest BCUT2D eigenvalue weighted by atomic mass is 32.2. The number of hydrogen-bond donors (Lipinski definition) is 1. The highest BCUT2D eigenvalue weighted by molar-refractivity contribution is 7.90. The van der Waals surface area contributed by atoms with Gasteiger partial charge in [0.2, 0.25) is 10.0 Å². The monoisotopic (exact) mass is 754 g/mol. The summed E-state index contributed by atoms with van der Waals surface area (Å²) in [4.78, 5) is 32.4. The molecule has 1 aliphatic carbocycles. The molecule has 2 atom stereocenters. The van der Waals surface area contributed by atoms with Gasteiger partial charge in [0.15, 0.2) is 0 Å². The quantitative estimate of drug-likeness (QED) is 0.200. The van der Waals surface area contributed by atoms with E-state index in [0.717, 1.165) is 70.4 Å². The number of sulfonamides is 1. The average molecular weight is 755 g/mol. The van der Waals surface area contributed by atoms with Crippen LogP contribution in [-0.4, -0.2) is 89.0 Å². The number of carbonyl (C=O) groups is 2. The molecule has 2 amide bonds. The van der Waals surface area contributed by atoms with Crippen molar-refractivity contribution in [2.75, 3.05) is 27.2 Å². The molecule has 2 aromatic carbocycles. The van der Waals surface area contributed by atoms with Gasteiger partial charge in [-0.05, 0) is 120 Å². The van der Waals surface area contributed by atoms with Gasteiger partial charge in [-0.25, -0.2) is 13.1 Å². The van der Waals surface area contributed by atoms with Crippen molar-refractivity contribution in [2.45, 2.75) is 109 Å². The van der Waals surface area contributed by atoms with Gasteiger partial charge >= 0.3 is 0 Å². The average Bonchev–Trinajstić information content (AvgIpc) is 3.68. The smallest absolute Gasteiger partial charge is 0.264 e. The lowest BCUT2D eigenvalue weighted by Crippen LogP contribution is -2.56. The molecule has 12 heteroatoms. The molecule has 0 radical (unpaired) electrons. The summed E-state index contributed by atoms with van der Waals surface area (Å²) in [5, 5.41) is 5.13. The van der Waals surface area contributed by atoms with Gasteiger partial charge < -0.3 is 14.2 Å². The number of amides is 2. The molecule has 1 N–H and O–H groups in total. The van der Waals surface area contributed by atoms with Crippen LogP contribution >= 0.6 is 0 Å². The Morgan fingerprint density at radius 2 is 1.65 bits per heavy atom. The molecule has 11 nitrogen and oxygen atoms in total. The zero-order valence-corrected chi connectivity index (χ0v) is 33.7. The number of nitrogens with one attached hydrogen (secondary N) is 1. The molecule has 3 aliphatic rings. The second kappa shape index (κ2) is 14.7. The van der Waals surface area contributed by atoms with Crippen LogP contribution in [0.1, 0.15) is 123 Å². The summed E-state index contributed by atoms with van der Waals surface area (Å²) in [6, 6.07) is 12.1. The minimum absolute atomic E-state index is 0.0299. The van der Waals surface area contributed by atoms with Gasteiger partial charge in [0.05, 0.1) is 42.1 Å². The number of rotatable bonds is 8. The molecular formula is C42H54N6O5S. The van der Waals surface area contributed by atoms with Crippen LogP contribution in [0.2, 0.25) is 0 Å². The van der Waals surface area contributed by atoms with Crippen LogP contribution in [0, 0.1) is 0 Å². The third-order valence-corrected chi connectivity index (χ3v) is 13.6. The lowest BCUT2D eigenvalue weighted by molar-refractivity contribution is 0.0414. The summed E-state index contributed by atoms with van der Waals surface area (Å²) in [7, 11) is -0.0596. The first-order valence-corrected chi connectivity index (χ1v) is 20.9. The summed E-state index contributed by atoms with van der Waals surface area (Å²) in [5.74, 6) is 0.351. The fourth-order valence-corrected chi connectivity index (χ4v) is 9.22. The summed E-state index contributed by atoms with van der Waals surface area (Å²) in [5.41, 5.74) is 7.72. The van der Waals surface area contributed by atoms with E-state index >= 15 is 0 Å². The molecule has 0 bridgehead atoms. The normalized spacial score (nSPS) is 19.8. The molecule has 2 aromatic heterocycles. The zero-order valence-electron chi connectivity index (χ0n) is 32.8. The summed E-state index contributed by atoms with van der Waals surface area (Å²) < 4.78 is 37.8. The largest absolute Gasteiger partial charge is 0.497 e. The van der Waals surface area contributed by atoms with Gasteiger partial charge in [-0.2, -0.15) is 5.10 Å². The molecule has 2 fully saturated rings. The Hall–Kier alpha value is -4.42. The number of allylic oxidation sites excluding steroid dienone is 1. The molecule has 0 unspecified atom stereocenters. The predicted molar refractivity (Wildman–Crippen MR) is 214 cm³/mol. The lowest BCUT2D eigenvalue weighted by atomic mass is 9.81. The van der Waals surface area contributed by atoms with E-state index in [-0.39, 0.29) is 29.6 Å². The SMILES string of the molecule is COc1ccc2c(c1)C=C(c1c(C(=O)N3C[C@@H](C)N(C)[C@@H](C)C3)cnn1C(C)C)Cn1c-2c(C2CCCCC2)c2ccc(C(=O)NS(=O)(=O)C(C)C)cc21. The zero-order chi connectivity index (χ0) is 38.6. The molecule has 54 heavy (non-hydrogen) atoms. The van der Waals surface area contributed by atoms with E-state index in [1.54, 1.807) is 33.2 Å². The van der Waals surface area contributed by atoms with E-state index in [1.165, 1.54) is 12.0 Å². The number of aromatic nitrogens is 3. The maximum atomic E-state index is 14.6. The van der Waals surface area contributed by atoms with E-state index in [1.807, 2.05) is 27.8 Å². The number of benzene rings is 2. The molecule has 0 spiro atoms. The fraction of sp³-hybridized carbons (Fsp3) is 0.500. The van der Waals surface area contributed by atoms with Crippen molar-refractivity contribution < 1.29 is 22.7 Å². The third kappa shape index (κ3) is 6.76. The van der Waals surface area contributed by atoms with Gasteiger partial charge in [-0.15, -0.1) is 0 Å². The number of fused-ring (bicyclic) bond motifs is 5. The van der Waals surface area contributed by atoms with Crippen LogP contribution in [0.5, 0.6) is 5.75 Å². The van der Waals surface area contributed by atoms with Crippen LogP contribution in [0.15, 0.2) is 42.6 Å². The van der Waals surface area contributed by atoms with E-state index in [9.17, 15) is 18.0 Å². The van der Waals surface area contributed by atoms with Crippen molar-refractivity contribution in [3.8, 4) is 17.0 Å². The van der Waals surface area contributed by atoms with Gasteiger partial charge in [0.25, 0.3) is 11.8 Å². The molecule has 2 aliphatic heterocycles. The van der Waals surface area contributed by atoms with Crippen LogP contribution in [-0.2, 0) is 16.6 Å². The Kier molecular flexibility index (Phi) is 10.3. The highest BCUT2D eigenvalue weighted by Gasteiger charge is 2.35. The minimum atomic E-state index is -3.84. The Bertz CT molecular complexity index is 2230. The lowest BCUT2D eigenvalue weighted by Gasteiger charge is -2.42. The number of piperazine rings is 1. The highest BCUT2D eigenvalue weighted by Crippen LogP contribution is 2.48. The Labute approximate surface area is 319 Å². The van der Waals surface area contributed by atoms with Crippen molar-refractivity contribution in [3.05, 3.63) is 70.5 Å². The van der Waals surface area contributed by atoms with Gasteiger partial charge in [0, 0.05) is 53.2 Å². The van der Waals surface area contributed by atoms with E-state index < -0.39 is 21.2 Å². The van der Waals surface area contributed by atoms with Gasteiger partial charge in [-0.1, -0.05) is 25.3 Å². The van der Waals surface area contributed by atoms with E-state index in [2.05, 4.69) is 67.1 Å². The van der Waals surface area contributed by atoms with Crippen molar-refractivity contribution in [3.63, 3.8) is 0 Å². The molecule has 1 saturated heterocycles. The van der Waals surface area contributed by atoms with Crippen LogP contribution in [0.4, 0.5) is 0 Å². The van der Waals surface area contributed by atoms with Crippen LogP contribution in [0.3, 0.4) is 0 Å². The minimum Gasteiger partial charge on any atom is -0.497 e. The maximum Gasteiger partial charge on any atom is 0.264 e. The summed E-state index contributed by atoms with van der Waals surface area (Å²) in [6.07, 6.45) is 9.52. The molecule has 1 saturated carbocycles. The number of hydrogen-bond acceptors (Lipinski definition) is 7. The van der Waals surface area contributed by atoms with Crippen molar-refractivity contribution >= 4 is 44.4 Å². The Morgan fingerprint density at radius 3 is 2.30 bits per heavy atom. The molecule has 4 heterocycles. The number of methoxy groups -OCH3 is 1. The topological polar surface area (TPSA) is 119 Å². The summed E-state index contributed by atoms with van der Waals surface area (Å²) in [6.45, 7) is 13.2. The fourth-order valence-electron chi connectivity index (χ4n) is 8.60. The van der Waals surface area contributed by atoms with E-state index in [0.29, 0.717) is 31.1 Å². The molecule has 288 valence electrons. The van der Waals surface area contributed by atoms with Crippen molar-refractivity contribution in [2.24, 2.45) is 0 Å². The third-order valence-electron chi connectivity index (χ3n) is 11.9. The van der Waals surface area contributed by atoms with Crippen molar-refractivity contribution in [1.82, 2.24) is 28.9 Å². The van der Waals surface area contributed by atoms with Gasteiger partial charge in [-0.3, -0.25) is 19.2 Å². The van der Waals surface area contributed by atoms with Crippen LogP contribution in [0.25, 0.3) is 33.8 Å². The van der Waals surface area contributed by atoms with E-state index in [4.69, 9.17) is 9.84 Å². The number of nitrogens with zero attached hydrogens (tertiary/aromatic N) is 5. The number of carbonyl (C=O) groups excluding carboxylic acids is 2. The molecule has 4 aromatic rings. The predicted octanol–water partition coefficient (Wildman–Crippen LogP) is 7.33. The first-order valence-electron chi connectivity index (χ1n) is 19.4. The summed E-state index contributed by atoms with van der Waals surface area (Å²) >= 11 is 0. The molecule has 7 rings (SSSR count). The Balaban J connectivity index is 1.46. The first-order chi connectivity index (χ1) is 25.7. The maximum absolute atomic E-state index is 14.6. The Morgan fingerprint density at radius 1 is 0.944 bits per heavy atom. The standard InChI is InChI=1S/C42H54N6O5S/c1-25(2)48-39(36(21-43-48)42(50)46-22-27(5)45(7)28(6)23-46)32-18-31-19-33(53-8)15-17-34(31)40-38(29-12-10-9-11-13-29)35-16-14-30(20-37(35)47(40)24-32)41(49)44-54(51,52)26(3)4/h14-21,25-29H,9-13,22-24H2,1-8H3,(H,44,49)/t27-,28+. The second-order valence-electron chi connectivity index (χ2n) is 16.1. The molecular weight excluding hydrogens is 701 g/mol. The first kappa shape index (κ1) is 37.9. The number of likely N-dealkylation sites (N-methyl/N-ethyl adjacent to an activating group) is 1. The van der Waals surface area contributed by atoms with Gasteiger partial charge in [0.1, 0.15) is 5.75 Å². The van der Waals surface area contributed by atoms with Crippen molar-refractivity contribution in [1.29, 1.82) is 0 Å². The second-order valence-corrected chi connectivity index (χ2v) is 18.3.